The summed E-state index contributed by atoms with van der Waals surface area (Å²) < 4.78 is 26.4. The number of imidazole rings is 1. The van der Waals surface area contributed by atoms with Gasteiger partial charge in [0.2, 0.25) is 0 Å². The summed E-state index contributed by atoms with van der Waals surface area (Å²) in [6, 6.07) is 9.25. The smallest absolute Gasteiger partial charge is 0.175 e. The minimum atomic E-state index is -3.42. The molecule has 0 aliphatic carbocycles. The normalized spacial score (nSPS) is 12.3. The fourth-order valence-corrected chi connectivity index (χ4v) is 5.16. The van der Waals surface area contributed by atoms with Crippen LogP contribution in [0.15, 0.2) is 41.4 Å². The van der Waals surface area contributed by atoms with Gasteiger partial charge in [-0.05, 0) is 41.2 Å². The molecular weight excluding hydrogens is 404 g/mol. The van der Waals surface area contributed by atoms with Crippen molar-refractivity contribution in [2.75, 3.05) is 6.26 Å². The molecule has 3 rings (SSSR count). The molecule has 2 heterocycles. The Hall–Kier alpha value is -1.96. The molecule has 2 aromatic heterocycles. The highest BCUT2D eigenvalue weighted by atomic mass is 32.2. The van der Waals surface area contributed by atoms with E-state index in [1.807, 2.05) is 12.1 Å². The van der Waals surface area contributed by atoms with Crippen molar-refractivity contribution < 1.29 is 13.5 Å². The van der Waals surface area contributed by atoms with E-state index in [2.05, 4.69) is 44.5 Å². The molecule has 0 aliphatic heterocycles. The van der Waals surface area contributed by atoms with Crippen molar-refractivity contribution >= 4 is 21.2 Å². The second-order valence-electron chi connectivity index (χ2n) is 8.10. The van der Waals surface area contributed by atoms with Crippen LogP contribution in [0.4, 0.5) is 0 Å². The van der Waals surface area contributed by atoms with Crippen molar-refractivity contribution in [3.8, 4) is 15.4 Å². The zero-order valence-electron chi connectivity index (χ0n) is 17.5. The molecule has 0 aliphatic rings. The van der Waals surface area contributed by atoms with Crippen LogP contribution in [0.5, 0.6) is 0 Å². The number of hydrogen-bond donors (Lipinski definition) is 1. The maximum absolute atomic E-state index is 12.1. The maximum atomic E-state index is 12.1. The van der Waals surface area contributed by atoms with Crippen LogP contribution in [0.25, 0.3) is 15.4 Å². The van der Waals surface area contributed by atoms with Gasteiger partial charge in [-0.15, -0.1) is 11.3 Å². The van der Waals surface area contributed by atoms with Crippen molar-refractivity contribution in [1.29, 1.82) is 0 Å². The Morgan fingerprint density at radius 1 is 1.14 bits per heavy atom. The Labute approximate surface area is 177 Å². The maximum Gasteiger partial charge on any atom is 0.175 e. The summed E-state index contributed by atoms with van der Waals surface area (Å²) >= 11 is 1.60. The Kier molecular flexibility index (Phi) is 6.31. The van der Waals surface area contributed by atoms with Crippen LogP contribution in [0.1, 0.15) is 50.7 Å². The average molecular weight is 433 g/mol. The van der Waals surface area contributed by atoms with Crippen molar-refractivity contribution in [3.63, 3.8) is 0 Å². The first-order valence-electron chi connectivity index (χ1n) is 9.72. The van der Waals surface area contributed by atoms with Gasteiger partial charge in [0, 0.05) is 23.8 Å². The van der Waals surface area contributed by atoms with Crippen molar-refractivity contribution in [3.05, 3.63) is 53.6 Å². The van der Waals surface area contributed by atoms with Crippen molar-refractivity contribution in [2.24, 2.45) is 5.92 Å². The summed E-state index contributed by atoms with van der Waals surface area (Å²) in [5, 5.41) is 10.5. The van der Waals surface area contributed by atoms with Crippen LogP contribution in [-0.2, 0) is 22.9 Å². The molecule has 0 radical (unpaired) electrons. The Bertz CT molecular complexity index is 1110. The lowest BCUT2D eigenvalue weighted by Crippen LogP contribution is -2.03. The van der Waals surface area contributed by atoms with Gasteiger partial charge in [0.05, 0.1) is 17.2 Å². The predicted molar refractivity (Wildman–Crippen MR) is 119 cm³/mol. The van der Waals surface area contributed by atoms with Gasteiger partial charge in [-0.25, -0.2) is 13.4 Å². The SMILES string of the molecule is CC(C)Cc1nc(C(C)C)cn1-c1ccc(-c2ccc(CO)c(S(C)(=O)=O)c2)s1. The first kappa shape index (κ1) is 21.7. The lowest BCUT2D eigenvalue weighted by Gasteiger charge is -2.08. The van der Waals surface area contributed by atoms with E-state index in [4.69, 9.17) is 4.98 Å². The summed E-state index contributed by atoms with van der Waals surface area (Å²) in [7, 11) is -3.42. The first-order valence-corrected chi connectivity index (χ1v) is 12.4. The Balaban J connectivity index is 2.04. The van der Waals surface area contributed by atoms with Gasteiger partial charge < -0.3 is 5.11 Å². The van der Waals surface area contributed by atoms with Crippen LogP contribution >= 0.6 is 11.3 Å². The van der Waals surface area contributed by atoms with E-state index in [1.54, 1.807) is 23.5 Å². The minimum Gasteiger partial charge on any atom is -0.392 e. The summed E-state index contributed by atoms with van der Waals surface area (Å²) in [4.78, 5) is 5.99. The number of sulfone groups is 1. The van der Waals surface area contributed by atoms with Crippen LogP contribution < -0.4 is 0 Å². The molecule has 3 aromatic rings. The van der Waals surface area contributed by atoms with Gasteiger partial charge in [0.15, 0.2) is 9.84 Å². The Morgan fingerprint density at radius 2 is 1.86 bits per heavy atom. The molecule has 0 unspecified atom stereocenters. The van der Waals surface area contributed by atoms with Gasteiger partial charge in [0.1, 0.15) is 10.8 Å². The number of benzene rings is 1. The molecule has 7 heteroatoms. The third kappa shape index (κ3) is 4.79. The Morgan fingerprint density at radius 3 is 2.45 bits per heavy atom. The topological polar surface area (TPSA) is 72.2 Å². The number of thiophene rings is 1. The number of aromatic nitrogens is 2. The van der Waals surface area contributed by atoms with Gasteiger partial charge in [-0.3, -0.25) is 4.57 Å². The van der Waals surface area contributed by atoms with Crippen LogP contribution in [0, 0.1) is 5.92 Å². The first-order chi connectivity index (χ1) is 13.6. The van der Waals surface area contributed by atoms with Gasteiger partial charge in [-0.1, -0.05) is 39.8 Å². The predicted octanol–water partition coefficient (Wildman–Crippen LogP) is 4.82. The monoisotopic (exact) mass is 432 g/mol. The highest BCUT2D eigenvalue weighted by Gasteiger charge is 2.17. The zero-order chi connectivity index (χ0) is 21.3. The molecule has 29 heavy (non-hydrogen) atoms. The molecule has 0 fully saturated rings. The number of hydrogen-bond acceptors (Lipinski definition) is 5. The van der Waals surface area contributed by atoms with Crippen molar-refractivity contribution in [2.45, 2.75) is 51.5 Å². The van der Waals surface area contributed by atoms with E-state index >= 15 is 0 Å². The van der Waals surface area contributed by atoms with Crippen LogP contribution in [0.3, 0.4) is 0 Å². The van der Waals surface area contributed by atoms with Gasteiger partial charge in [-0.2, -0.15) is 0 Å². The van der Waals surface area contributed by atoms with Gasteiger partial charge >= 0.3 is 0 Å². The van der Waals surface area contributed by atoms with E-state index in [1.165, 1.54) is 6.26 Å². The fraction of sp³-hybridized carbons (Fsp3) is 0.409. The second kappa shape index (κ2) is 8.42. The third-order valence-corrected chi connectivity index (χ3v) is 7.04. The van der Waals surface area contributed by atoms with Crippen LogP contribution in [0.2, 0.25) is 0 Å². The van der Waals surface area contributed by atoms with E-state index in [-0.39, 0.29) is 11.5 Å². The molecule has 1 N–H and O–H groups in total. The lowest BCUT2D eigenvalue weighted by molar-refractivity contribution is 0.278. The summed E-state index contributed by atoms with van der Waals surface area (Å²) in [6.07, 6.45) is 4.17. The van der Waals surface area contributed by atoms with E-state index in [9.17, 15) is 13.5 Å². The molecule has 0 atom stereocenters. The molecule has 0 spiro atoms. The fourth-order valence-electron chi connectivity index (χ4n) is 3.21. The summed E-state index contributed by atoms with van der Waals surface area (Å²) in [6.45, 7) is 8.35. The molecule has 156 valence electrons. The highest BCUT2D eigenvalue weighted by Crippen LogP contribution is 2.34. The third-order valence-electron chi connectivity index (χ3n) is 4.73. The molecular formula is C22H28N2O3S2. The van der Waals surface area contributed by atoms with E-state index in [0.717, 1.165) is 33.4 Å². The molecule has 0 saturated carbocycles. The average Bonchev–Trinajstić information content (AvgIpc) is 3.27. The van der Waals surface area contributed by atoms with E-state index < -0.39 is 9.84 Å². The van der Waals surface area contributed by atoms with Gasteiger partial charge in [0.25, 0.3) is 0 Å². The number of aliphatic hydroxyl groups is 1. The quantitative estimate of drug-likeness (QED) is 0.581. The molecule has 1 aromatic carbocycles. The largest absolute Gasteiger partial charge is 0.392 e. The standard InChI is InChI=1S/C22H28N2O3S2/c1-14(2)10-21-23-18(15(3)4)12-24(21)22-9-8-19(28-22)16-6-7-17(13-25)20(11-16)29(5,26)27/h6-9,11-12,14-15,25H,10,13H2,1-5H3. The molecule has 0 amide bonds. The second-order valence-corrected chi connectivity index (χ2v) is 11.1. The molecule has 0 bridgehead atoms. The zero-order valence-corrected chi connectivity index (χ0v) is 19.1. The molecule has 5 nitrogen and oxygen atoms in total. The lowest BCUT2D eigenvalue weighted by atomic mass is 10.1. The van der Waals surface area contributed by atoms with E-state index in [0.29, 0.717) is 17.4 Å². The number of nitrogens with zero attached hydrogens (tertiary/aromatic N) is 2. The highest BCUT2D eigenvalue weighted by molar-refractivity contribution is 7.90. The van der Waals surface area contributed by atoms with Crippen LogP contribution in [-0.4, -0.2) is 29.3 Å². The number of rotatable bonds is 7. The summed E-state index contributed by atoms with van der Waals surface area (Å²) in [5.74, 6) is 1.90. The van der Waals surface area contributed by atoms with Crippen molar-refractivity contribution in [1.82, 2.24) is 9.55 Å². The minimum absolute atomic E-state index is 0.178. The number of aliphatic hydroxyl groups excluding tert-OH is 1. The molecule has 0 saturated heterocycles. The summed E-state index contributed by atoms with van der Waals surface area (Å²) in [5.41, 5.74) is 2.32.